The van der Waals surface area contributed by atoms with E-state index in [0.717, 1.165) is 6.42 Å². The lowest BCUT2D eigenvalue weighted by Crippen LogP contribution is -2.08. The van der Waals surface area contributed by atoms with Crippen molar-refractivity contribution in [3.05, 3.63) is 35.4 Å². The Morgan fingerprint density at radius 3 is 2.69 bits per heavy atom. The molecule has 0 saturated heterocycles. The highest BCUT2D eigenvalue weighted by atomic mass is 16.3. The van der Waals surface area contributed by atoms with E-state index in [2.05, 4.69) is 38.1 Å². The summed E-state index contributed by atoms with van der Waals surface area (Å²) in [6, 6.07) is 8.48. The van der Waals surface area contributed by atoms with E-state index in [1.165, 1.54) is 11.1 Å². The molecule has 1 fully saturated rings. The second-order valence-electron chi connectivity index (χ2n) is 4.32. The average Bonchev–Trinajstić information content (AvgIpc) is 2.79. The van der Waals surface area contributed by atoms with Gasteiger partial charge in [0.2, 0.25) is 0 Å². The van der Waals surface area contributed by atoms with Gasteiger partial charge < -0.3 is 5.11 Å². The van der Waals surface area contributed by atoms with Crippen LogP contribution in [0.3, 0.4) is 0 Å². The first-order valence-corrected chi connectivity index (χ1v) is 4.85. The number of aryl methyl sites for hydroxylation is 1. The highest BCUT2D eigenvalue weighted by molar-refractivity contribution is 5.38. The minimum Gasteiger partial charge on any atom is -0.396 e. The minimum atomic E-state index is 0.250. The number of benzene rings is 1. The van der Waals surface area contributed by atoms with Crippen molar-refractivity contribution in [3.8, 4) is 0 Å². The summed E-state index contributed by atoms with van der Waals surface area (Å²) >= 11 is 0. The molecule has 0 bridgehead atoms. The summed E-state index contributed by atoms with van der Waals surface area (Å²) in [4.78, 5) is 0. The van der Waals surface area contributed by atoms with Crippen LogP contribution in [0, 0.1) is 12.8 Å². The zero-order valence-corrected chi connectivity index (χ0v) is 8.25. The highest BCUT2D eigenvalue weighted by Crippen LogP contribution is 2.54. The number of aliphatic hydroxyl groups excluding tert-OH is 1. The van der Waals surface area contributed by atoms with Gasteiger partial charge in [-0.15, -0.1) is 0 Å². The Morgan fingerprint density at radius 2 is 2.15 bits per heavy atom. The van der Waals surface area contributed by atoms with Crippen molar-refractivity contribution in [2.24, 2.45) is 5.92 Å². The summed E-state index contributed by atoms with van der Waals surface area (Å²) in [5.74, 6) is 0.480. The molecule has 0 spiro atoms. The lowest BCUT2D eigenvalue weighted by atomic mass is 9.92. The van der Waals surface area contributed by atoms with Gasteiger partial charge in [-0.1, -0.05) is 31.2 Å². The molecular formula is C12H16O. The molecular weight excluding hydrogens is 160 g/mol. The Bertz CT molecular complexity index is 319. The smallest absolute Gasteiger partial charge is 0.0468 e. The Balaban J connectivity index is 2.32. The lowest BCUT2D eigenvalue weighted by Gasteiger charge is -2.13. The fraction of sp³-hybridized carbons (Fsp3) is 0.500. The summed E-state index contributed by atoms with van der Waals surface area (Å²) in [6.07, 6.45) is 1.13. The first-order chi connectivity index (χ1) is 6.18. The molecule has 0 aliphatic heterocycles. The molecule has 0 amide bonds. The zero-order chi connectivity index (χ0) is 9.47. The van der Waals surface area contributed by atoms with Gasteiger partial charge in [-0.05, 0) is 35.8 Å². The van der Waals surface area contributed by atoms with Gasteiger partial charge >= 0.3 is 0 Å². The number of hydrogen-bond acceptors (Lipinski definition) is 1. The van der Waals surface area contributed by atoms with Crippen molar-refractivity contribution in [2.45, 2.75) is 25.7 Å². The Kier molecular flexibility index (Phi) is 1.92. The SMILES string of the molecule is Cc1ccccc1[C@@]1(C)C[C@H]1CO. The second kappa shape index (κ2) is 2.85. The molecule has 13 heavy (non-hydrogen) atoms. The van der Waals surface area contributed by atoms with Gasteiger partial charge in [-0.3, -0.25) is 0 Å². The van der Waals surface area contributed by atoms with Crippen LogP contribution in [0.5, 0.6) is 0 Å². The van der Waals surface area contributed by atoms with E-state index in [4.69, 9.17) is 5.11 Å². The van der Waals surface area contributed by atoms with E-state index < -0.39 is 0 Å². The maximum Gasteiger partial charge on any atom is 0.0468 e. The molecule has 70 valence electrons. The number of rotatable bonds is 2. The first kappa shape index (κ1) is 8.76. The molecule has 1 N–H and O–H groups in total. The third kappa shape index (κ3) is 1.28. The minimum absolute atomic E-state index is 0.250. The van der Waals surface area contributed by atoms with E-state index >= 15 is 0 Å². The number of hydrogen-bond donors (Lipinski definition) is 1. The molecule has 1 aliphatic carbocycles. The van der Waals surface area contributed by atoms with Gasteiger partial charge in [0.05, 0.1) is 0 Å². The topological polar surface area (TPSA) is 20.2 Å². The summed E-state index contributed by atoms with van der Waals surface area (Å²) in [7, 11) is 0. The van der Waals surface area contributed by atoms with Crippen LogP contribution in [-0.2, 0) is 5.41 Å². The fourth-order valence-electron chi connectivity index (χ4n) is 2.26. The molecule has 2 rings (SSSR count). The maximum absolute atomic E-state index is 9.09. The predicted octanol–water partition coefficient (Wildman–Crippen LogP) is 2.26. The van der Waals surface area contributed by atoms with Crippen LogP contribution in [0.25, 0.3) is 0 Å². The summed E-state index contributed by atoms with van der Waals surface area (Å²) in [6.45, 7) is 4.72. The number of aliphatic hydroxyl groups is 1. The van der Waals surface area contributed by atoms with Crippen LogP contribution in [0.1, 0.15) is 24.5 Å². The molecule has 1 saturated carbocycles. The Morgan fingerprint density at radius 1 is 1.46 bits per heavy atom. The van der Waals surface area contributed by atoms with E-state index in [0.29, 0.717) is 12.5 Å². The van der Waals surface area contributed by atoms with Gasteiger partial charge in [0.25, 0.3) is 0 Å². The van der Waals surface area contributed by atoms with E-state index in [9.17, 15) is 0 Å². The van der Waals surface area contributed by atoms with E-state index in [-0.39, 0.29) is 5.41 Å². The van der Waals surface area contributed by atoms with Crippen LogP contribution in [0.4, 0.5) is 0 Å². The van der Waals surface area contributed by atoms with Crippen molar-refractivity contribution in [2.75, 3.05) is 6.61 Å². The van der Waals surface area contributed by atoms with E-state index in [1.54, 1.807) is 0 Å². The van der Waals surface area contributed by atoms with Crippen LogP contribution >= 0.6 is 0 Å². The first-order valence-electron chi connectivity index (χ1n) is 4.85. The standard InChI is InChI=1S/C12H16O/c1-9-5-3-4-6-11(9)12(2)7-10(12)8-13/h3-6,10,13H,7-8H2,1-2H3/t10-,12-/m0/s1. The van der Waals surface area contributed by atoms with Gasteiger partial charge in [0.1, 0.15) is 0 Å². The van der Waals surface area contributed by atoms with Crippen molar-refractivity contribution in [3.63, 3.8) is 0 Å². The highest BCUT2D eigenvalue weighted by Gasteiger charge is 2.50. The lowest BCUT2D eigenvalue weighted by molar-refractivity contribution is 0.265. The third-order valence-electron chi connectivity index (χ3n) is 3.39. The van der Waals surface area contributed by atoms with Gasteiger partial charge in [0.15, 0.2) is 0 Å². The zero-order valence-electron chi connectivity index (χ0n) is 8.25. The molecule has 0 radical (unpaired) electrons. The largest absolute Gasteiger partial charge is 0.396 e. The van der Waals surface area contributed by atoms with Crippen LogP contribution in [0.2, 0.25) is 0 Å². The molecule has 1 aromatic rings. The quantitative estimate of drug-likeness (QED) is 0.733. The van der Waals surface area contributed by atoms with Crippen LogP contribution in [0.15, 0.2) is 24.3 Å². The van der Waals surface area contributed by atoms with Crippen molar-refractivity contribution < 1.29 is 5.11 Å². The molecule has 1 aromatic carbocycles. The molecule has 1 nitrogen and oxygen atoms in total. The van der Waals surface area contributed by atoms with Crippen molar-refractivity contribution in [1.82, 2.24) is 0 Å². The summed E-state index contributed by atoms with van der Waals surface area (Å²) in [5.41, 5.74) is 3.01. The van der Waals surface area contributed by atoms with Gasteiger partial charge in [-0.25, -0.2) is 0 Å². The summed E-state index contributed by atoms with van der Waals surface area (Å²) in [5, 5.41) is 9.09. The Hall–Kier alpha value is -0.820. The molecule has 1 heteroatoms. The molecule has 2 atom stereocenters. The fourth-order valence-corrected chi connectivity index (χ4v) is 2.26. The molecule has 0 heterocycles. The summed E-state index contributed by atoms with van der Waals surface area (Å²) < 4.78 is 0. The normalized spacial score (nSPS) is 31.8. The molecule has 0 unspecified atom stereocenters. The monoisotopic (exact) mass is 176 g/mol. The predicted molar refractivity (Wildman–Crippen MR) is 53.7 cm³/mol. The van der Waals surface area contributed by atoms with Crippen molar-refractivity contribution in [1.29, 1.82) is 0 Å². The van der Waals surface area contributed by atoms with Gasteiger partial charge in [-0.2, -0.15) is 0 Å². The van der Waals surface area contributed by atoms with Crippen LogP contribution in [-0.4, -0.2) is 11.7 Å². The Labute approximate surface area is 79.4 Å². The van der Waals surface area contributed by atoms with Crippen LogP contribution < -0.4 is 0 Å². The average molecular weight is 176 g/mol. The van der Waals surface area contributed by atoms with Gasteiger partial charge in [0, 0.05) is 6.61 Å². The third-order valence-corrected chi connectivity index (χ3v) is 3.39. The van der Waals surface area contributed by atoms with Crippen molar-refractivity contribution >= 4 is 0 Å². The molecule has 1 aliphatic rings. The molecule has 0 aromatic heterocycles. The van der Waals surface area contributed by atoms with E-state index in [1.807, 2.05) is 0 Å². The second-order valence-corrected chi connectivity index (χ2v) is 4.32. The maximum atomic E-state index is 9.09.